The van der Waals surface area contributed by atoms with E-state index in [-0.39, 0.29) is 11.8 Å². The standard InChI is InChI=1S/C60H42N2/c1-3-15-37(16-4-1)51-45-31-29-40-39(53(45)52(38-17-5-2-6-18-38)57-42-24-12-20-35-19-11-23-41(49(35)42)56(51)57)30-32-46-54(40)60(48-28-8-10-34-62-48)59-44-26-14-22-36-21-13-25-43(50(36)44)58(59)55(46)47-27-7-9-33-61-47/h1-9,11-32,35,49,55,58,61H,10,33-34H2. The molecule has 1 N–H and O–H groups in total. The molecule has 0 bridgehead atoms. The number of nitrogens with one attached hydrogen (secondary N) is 1. The predicted molar refractivity (Wildman–Crippen MR) is 261 cm³/mol. The SMILES string of the molecule is C1=CCNC(C2c3ccc4c(ccc5c(-c6ccccc6)c6c(c(-c7ccccc7)c54)C4=CC=CC5C=CC=C6C45)c3C(C3=NCCC=C3)=C3c4cccc5cccc(c45)C32)=C1. The van der Waals surface area contributed by atoms with Crippen LogP contribution in [0.2, 0.25) is 0 Å². The first-order valence-electron chi connectivity index (χ1n) is 22.4. The summed E-state index contributed by atoms with van der Waals surface area (Å²) in [6.07, 6.45) is 26.6. The Morgan fingerprint density at radius 1 is 0.516 bits per heavy atom. The van der Waals surface area contributed by atoms with Gasteiger partial charge in [0.2, 0.25) is 0 Å². The Bertz CT molecular complexity index is 3450. The fourth-order valence-electron chi connectivity index (χ4n) is 12.6. The average molecular weight is 791 g/mol. The highest BCUT2D eigenvalue weighted by molar-refractivity contribution is 6.40. The molecule has 7 aromatic rings. The molecule has 0 aromatic heterocycles. The molecule has 5 aliphatic carbocycles. The predicted octanol–water partition coefficient (Wildman–Crippen LogP) is 14.2. The summed E-state index contributed by atoms with van der Waals surface area (Å²) in [4.78, 5) is 5.39. The van der Waals surface area contributed by atoms with Gasteiger partial charge in [-0.25, -0.2) is 0 Å². The zero-order chi connectivity index (χ0) is 40.5. The lowest BCUT2D eigenvalue weighted by molar-refractivity contribution is 0.655. The summed E-state index contributed by atoms with van der Waals surface area (Å²) in [5, 5.41) is 11.8. The Morgan fingerprint density at radius 3 is 1.98 bits per heavy atom. The van der Waals surface area contributed by atoms with E-state index in [0.717, 1.165) is 25.2 Å². The molecule has 0 radical (unpaired) electrons. The van der Waals surface area contributed by atoms with Crippen LogP contribution in [0.15, 0.2) is 199 Å². The number of benzene rings is 7. The van der Waals surface area contributed by atoms with Crippen molar-refractivity contribution in [1.29, 1.82) is 0 Å². The van der Waals surface area contributed by atoms with Crippen LogP contribution in [0.5, 0.6) is 0 Å². The van der Waals surface area contributed by atoms with Crippen LogP contribution in [0, 0.1) is 11.8 Å². The van der Waals surface area contributed by atoms with Gasteiger partial charge in [0.1, 0.15) is 0 Å². The molecule has 7 aliphatic rings. The van der Waals surface area contributed by atoms with Crippen LogP contribution in [0.25, 0.3) is 76.9 Å². The zero-order valence-electron chi connectivity index (χ0n) is 34.3. The molecule has 2 heteroatoms. The lowest BCUT2D eigenvalue weighted by atomic mass is 9.66. The molecule has 7 aromatic carbocycles. The third kappa shape index (κ3) is 4.62. The number of hydrogen-bond donors (Lipinski definition) is 1. The Kier molecular flexibility index (Phi) is 7.28. The molecule has 2 aliphatic heterocycles. The molecule has 0 spiro atoms. The Balaban J connectivity index is 1.18. The van der Waals surface area contributed by atoms with Gasteiger partial charge in [-0.05, 0) is 123 Å². The maximum atomic E-state index is 5.39. The van der Waals surface area contributed by atoms with Crippen LogP contribution in [-0.2, 0) is 0 Å². The minimum Gasteiger partial charge on any atom is -0.384 e. The monoisotopic (exact) mass is 790 g/mol. The summed E-state index contributed by atoms with van der Waals surface area (Å²) >= 11 is 0. The van der Waals surface area contributed by atoms with E-state index in [1.807, 2.05) is 0 Å². The van der Waals surface area contributed by atoms with Gasteiger partial charge in [-0.2, -0.15) is 0 Å². The highest BCUT2D eigenvalue weighted by atomic mass is 14.9. The van der Waals surface area contributed by atoms with Gasteiger partial charge in [-0.3, -0.25) is 4.99 Å². The van der Waals surface area contributed by atoms with Crippen molar-refractivity contribution in [3.05, 3.63) is 227 Å². The molecule has 0 saturated carbocycles. The minimum atomic E-state index is 0.104. The van der Waals surface area contributed by atoms with Crippen molar-refractivity contribution >= 4 is 60.3 Å². The summed E-state index contributed by atoms with van der Waals surface area (Å²) in [5.74, 6) is 0.884. The van der Waals surface area contributed by atoms with Crippen molar-refractivity contribution < 1.29 is 0 Å². The highest BCUT2D eigenvalue weighted by Gasteiger charge is 2.46. The van der Waals surface area contributed by atoms with Gasteiger partial charge in [0, 0.05) is 48.0 Å². The van der Waals surface area contributed by atoms with E-state index in [1.165, 1.54) is 116 Å². The largest absolute Gasteiger partial charge is 0.384 e. The number of dihydropyridines is 2. The van der Waals surface area contributed by atoms with Crippen molar-refractivity contribution in [3.63, 3.8) is 0 Å². The first kappa shape index (κ1) is 34.4. The third-order valence-electron chi connectivity index (χ3n) is 14.8. The number of hydrogen-bond acceptors (Lipinski definition) is 2. The summed E-state index contributed by atoms with van der Waals surface area (Å²) in [6, 6.07) is 46.3. The van der Waals surface area contributed by atoms with E-state index in [4.69, 9.17) is 4.99 Å². The van der Waals surface area contributed by atoms with Gasteiger partial charge < -0.3 is 5.32 Å². The normalized spacial score (nSPS) is 22.2. The molecule has 292 valence electrons. The van der Waals surface area contributed by atoms with Gasteiger partial charge in [0.05, 0.1) is 5.71 Å². The van der Waals surface area contributed by atoms with Gasteiger partial charge in [-0.15, -0.1) is 0 Å². The number of nitrogens with zero attached hydrogens (tertiary/aromatic N) is 1. The van der Waals surface area contributed by atoms with Crippen LogP contribution in [0.3, 0.4) is 0 Å². The molecule has 4 unspecified atom stereocenters. The summed E-state index contributed by atoms with van der Waals surface area (Å²) < 4.78 is 0. The molecular weight excluding hydrogens is 749 g/mol. The van der Waals surface area contributed by atoms with Crippen LogP contribution in [-0.4, -0.2) is 18.8 Å². The minimum absolute atomic E-state index is 0.104. The van der Waals surface area contributed by atoms with Crippen LogP contribution < -0.4 is 5.32 Å². The van der Waals surface area contributed by atoms with Gasteiger partial charge >= 0.3 is 0 Å². The number of rotatable bonds is 4. The molecule has 0 fully saturated rings. The molecule has 14 rings (SSSR count). The first-order chi connectivity index (χ1) is 30.8. The molecule has 0 amide bonds. The second-order valence-corrected chi connectivity index (χ2v) is 17.8. The van der Waals surface area contributed by atoms with E-state index < -0.39 is 0 Å². The van der Waals surface area contributed by atoms with Crippen molar-refractivity contribution in [1.82, 2.24) is 5.32 Å². The van der Waals surface area contributed by atoms with Crippen molar-refractivity contribution in [2.24, 2.45) is 16.8 Å². The Morgan fingerprint density at radius 2 is 1.24 bits per heavy atom. The highest BCUT2D eigenvalue weighted by Crippen LogP contribution is 2.64. The van der Waals surface area contributed by atoms with E-state index >= 15 is 0 Å². The topological polar surface area (TPSA) is 24.4 Å². The van der Waals surface area contributed by atoms with Crippen molar-refractivity contribution in [2.45, 2.75) is 18.3 Å². The molecule has 0 saturated heterocycles. The fourth-order valence-corrected chi connectivity index (χ4v) is 12.6. The first-order valence-corrected chi connectivity index (χ1v) is 22.4. The maximum absolute atomic E-state index is 5.39. The third-order valence-corrected chi connectivity index (χ3v) is 14.8. The van der Waals surface area contributed by atoms with Crippen molar-refractivity contribution in [2.75, 3.05) is 13.1 Å². The second-order valence-electron chi connectivity index (χ2n) is 17.8. The van der Waals surface area contributed by atoms with Crippen LogP contribution >= 0.6 is 0 Å². The number of aliphatic imine (C=N–C) groups is 1. The Labute approximate surface area is 361 Å². The van der Waals surface area contributed by atoms with Crippen molar-refractivity contribution in [3.8, 4) is 22.3 Å². The quantitative estimate of drug-likeness (QED) is 0.176. The van der Waals surface area contributed by atoms with E-state index in [1.54, 1.807) is 0 Å². The van der Waals surface area contributed by atoms with E-state index in [0.29, 0.717) is 11.8 Å². The van der Waals surface area contributed by atoms with Gasteiger partial charge in [-0.1, -0.05) is 176 Å². The summed E-state index contributed by atoms with van der Waals surface area (Å²) in [7, 11) is 0. The zero-order valence-corrected chi connectivity index (χ0v) is 34.3. The Hall–Kier alpha value is -7.29. The molecule has 2 heterocycles. The number of allylic oxidation sites excluding steroid dienone is 14. The van der Waals surface area contributed by atoms with E-state index in [2.05, 4.69) is 193 Å². The average Bonchev–Trinajstić information content (AvgIpc) is 3.85. The lowest BCUT2D eigenvalue weighted by Gasteiger charge is -2.38. The van der Waals surface area contributed by atoms with Crippen LogP contribution in [0.1, 0.15) is 51.6 Å². The van der Waals surface area contributed by atoms with Gasteiger partial charge in [0.25, 0.3) is 0 Å². The second kappa shape index (κ2) is 13.1. The lowest BCUT2D eigenvalue weighted by Crippen LogP contribution is -2.29. The van der Waals surface area contributed by atoms with Crippen LogP contribution in [0.4, 0.5) is 0 Å². The molecule has 4 atom stereocenters. The molecular formula is C60H42N2. The summed E-state index contributed by atoms with van der Waals surface area (Å²) in [5.41, 5.74) is 21.4. The number of fused-ring (bicyclic) bond motifs is 11. The fraction of sp³-hybridized carbons (Fsp3) is 0.117. The summed E-state index contributed by atoms with van der Waals surface area (Å²) in [6.45, 7) is 1.63. The van der Waals surface area contributed by atoms with E-state index in [9.17, 15) is 0 Å². The molecule has 62 heavy (non-hydrogen) atoms. The molecule has 2 nitrogen and oxygen atoms in total. The van der Waals surface area contributed by atoms with Gasteiger partial charge in [0.15, 0.2) is 0 Å². The maximum Gasteiger partial charge on any atom is 0.0653 e. The smallest absolute Gasteiger partial charge is 0.0653 e.